The summed E-state index contributed by atoms with van der Waals surface area (Å²) in [4.78, 5) is 20.6. The normalized spacial score (nSPS) is 10.6. The minimum absolute atomic E-state index is 0.213. The zero-order valence-corrected chi connectivity index (χ0v) is 17.9. The number of rotatable bonds is 7. The first-order chi connectivity index (χ1) is 15.4. The predicted octanol–water partition coefficient (Wildman–Crippen LogP) is 3.67. The molecule has 0 radical (unpaired) electrons. The van der Waals surface area contributed by atoms with Gasteiger partial charge in [0.25, 0.3) is 0 Å². The maximum Gasteiger partial charge on any atom is 0.320 e. The van der Waals surface area contributed by atoms with Crippen molar-refractivity contribution in [3.8, 4) is 16.9 Å². The van der Waals surface area contributed by atoms with Crippen molar-refractivity contribution in [3.05, 3.63) is 84.4 Å². The fourth-order valence-corrected chi connectivity index (χ4v) is 2.54. The lowest BCUT2D eigenvalue weighted by Gasteiger charge is -2.03. The average molecular weight is 438 g/mol. The van der Waals surface area contributed by atoms with E-state index in [1.165, 1.54) is 11.6 Å². The first kappa shape index (κ1) is 26.4. The Labute approximate surface area is 188 Å². The molecule has 0 amide bonds. The number of phenolic OH excluding ortho intramolecular Hbond substituents is 1. The fourth-order valence-electron chi connectivity index (χ4n) is 2.54. The van der Waals surface area contributed by atoms with E-state index in [1.807, 2.05) is 42.5 Å². The van der Waals surface area contributed by atoms with Crippen LogP contribution in [0.4, 0.5) is 5.69 Å². The maximum absolute atomic E-state index is 10.5. The van der Waals surface area contributed by atoms with Gasteiger partial charge in [-0.2, -0.15) is 0 Å². The summed E-state index contributed by atoms with van der Waals surface area (Å²) in [6, 6.07) is 23.5. The summed E-state index contributed by atoms with van der Waals surface area (Å²) in [6.07, 6.45) is 3.02. The number of benzene rings is 3. The number of nitrogen functional groups attached to an aromatic ring is 1. The number of carboxylic acid groups (broad SMARTS) is 1. The van der Waals surface area contributed by atoms with Gasteiger partial charge >= 0.3 is 5.97 Å². The lowest BCUT2D eigenvalue weighted by atomic mass is 10.0. The van der Waals surface area contributed by atoms with Crippen molar-refractivity contribution in [1.29, 1.82) is 0 Å². The van der Waals surface area contributed by atoms with Gasteiger partial charge in [0.15, 0.2) is 0 Å². The number of aliphatic carboxylic acids is 1. The van der Waals surface area contributed by atoms with Gasteiger partial charge in [0, 0.05) is 17.3 Å². The van der Waals surface area contributed by atoms with Gasteiger partial charge in [0.2, 0.25) is 0 Å². The Bertz CT molecular complexity index is 914. The number of carbonyl (C=O) groups excluding carboxylic acids is 1. The highest BCUT2D eigenvalue weighted by Gasteiger charge is 2.09. The summed E-state index contributed by atoms with van der Waals surface area (Å²) in [6.45, 7) is 0.604. The van der Waals surface area contributed by atoms with Gasteiger partial charge in [0.1, 0.15) is 18.1 Å². The number of aldehydes is 1. The Morgan fingerprint density at radius 1 is 0.906 bits per heavy atom. The largest absolute Gasteiger partial charge is 0.508 e. The molecule has 3 aromatic rings. The zero-order valence-electron chi connectivity index (χ0n) is 17.9. The smallest absolute Gasteiger partial charge is 0.320 e. The predicted molar refractivity (Wildman–Crippen MR) is 128 cm³/mol. The van der Waals surface area contributed by atoms with E-state index >= 15 is 0 Å². The molecule has 0 unspecified atom stereocenters. The molecule has 0 aromatic heterocycles. The van der Waals surface area contributed by atoms with Gasteiger partial charge in [-0.25, -0.2) is 0 Å². The van der Waals surface area contributed by atoms with Crippen LogP contribution in [0.25, 0.3) is 11.1 Å². The Balaban J connectivity index is 0.000000252. The Morgan fingerprint density at radius 2 is 1.53 bits per heavy atom. The molecule has 0 saturated heterocycles. The fraction of sp³-hybridized carbons (Fsp3) is 0.200. The molecule has 0 fully saturated rings. The molecule has 0 aliphatic heterocycles. The second-order valence-corrected chi connectivity index (χ2v) is 6.93. The van der Waals surface area contributed by atoms with Crippen molar-refractivity contribution in [3.63, 3.8) is 0 Å². The molecule has 3 aromatic carbocycles. The third kappa shape index (κ3) is 10.9. The third-order valence-electron chi connectivity index (χ3n) is 4.31. The number of anilines is 1. The SMILES string of the molecule is NCCCC[C@H](N)C(=O)O.Nc1cccc(O)c1.O=Cc1ccc(-c2ccccc2)cc1. The molecule has 1 atom stereocenters. The summed E-state index contributed by atoms with van der Waals surface area (Å²) in [5.41, 5.74) is 19.3. The lowest BCUT2D eigenvalue weighted by molar-refractivity contribution is -0.138. The maximum atomic E-state index is 10.5. The van der Waals surface area contributed by atoms with Crippen LogP contribution in [0.3, 0.4) is 0 Å². The summed E-state index contributed by atoms with van der Waals surface area (Å²) < 4.78 is 0. The van der Waals surface area contributed by atoms with E-state index in [4.69, 9.17) is 27.4 Å². The van der Waals surface area contributed by atoms with E-state index in [-0.39, 0.29) is 5.75 Å². The van der Waals surface area contributed by atoms with Crippen molar-refractivity contribution < 1.29 is 19.8 Å². The first-order valence-corrected chi connectivity index (χ1v) is 10.2. The minimum Gasteiger partial charge on any atom is -0.508 e. The number of aromatic hydroxyl groups is 1. The number of nitrogens with two attached hydrogens (primary N) is 3. The van der Waals surface area contributed by atoms with E-state index in [2.05, 4.69) is 12.1 Å². The molecule has 32 heavy (non-hydrogen) atoms. The second kappa shape index (κ2) is 15.2. The van der Waals surface area contributed by atoms with Crippen LogP contribution < -0.4 is 17.2 Å². The molecule has 7 nitrogen and oxygen atoms in total. The Morgan fingerprint density at radius 3 is 2.00 bits per heavy atom. The van der Waals surface area contributed by atoms with Gasteiger partial charge in [-0.05, 0) is 42.6 Å². The number of phenols is 1. The van der Waals surface area contributed by atoms with Crippen LogP contribution in [0.15, 0.2) is 78.9 Å². The molecule has 170 valence electrons. The third-order valence-corrected chi connectivity index (χ3v) is 4.31. The highest BCUT2D eigenvalue weighted by molar-refractivity contribution is 5.76. The van der Waals surface area contributed by atoms with Crippen molar-refractivity contribution >= 4 is 17.9 Å². The molecular formula is C25H31N3O4. The van der Waals surface area contributed by atoms with Crippen molar-refractivity contribution in [2.75, 3.05) is 12.3 Å². The highest BCUT2D eigenvalue weighted by Crippen LogP contribution is 2.18. The molecule has 0 bridgehead atoms. The summed E-state index contributed by atoms with van der Waals surface area (Å²) in [5, 5.41) is 17.1. The molecule has 3 rings (SSSR count). The Hall–Kier alpha value is -3.68. The number of hydrogen-bond acceptors (Lipinski definition) is 6. The molecule has 8 N–H and O–H groups in total. The van der Waals surface area contributed by atoms with Crippen LogP contribution >= 0.6 is 0 Å². The van der Waals surface area contributed by atoms with Crippen LogP contribution in [0, 0.1) is 0 Å². The van der Waals surface area contributed by atoms with E-state index in [0.717, 1.165) is 24.7 Å². The van der Waals surface area contributed by atoms with Crippen LogP contribution in [-0.2, 0) is 4.79 Å². The second-order valence-electron chi connectivity index (χ2n) is 6.93. The van der Waals surface area contributed by atoms with Gasteiger partial charge in [-0.1, -0.05) is 67.1 Å². The molecule has 0 aliphatic rings. The van der Waals surface area contributed by atoms with Gasteiger partial charge in [-0.3, -0.25) is 9.59 Å². The molecule has 0 spiro atoms. The first-order valence-electron chi connectivity index (χ1n) is 10.2. The van der Waals surface area contributed by atoms with E-state index < -0.39 is 12.0 Å². The molecule has 0 aliphatic carbocycles. The van der Waals surface area contributed by atoms with Crippen LogP contribution in [0.5, 0.6) is 5.75 Å². The number of unbranched alkanes of at least 4 members (excludes halogenated alkanes) is 1. The lowest BCUT2D eigenvalue weighted by Crippen LogP contribution is -2.29. The Kier molecular flexibility index (Phi) is 12.5. The minimum atomic E-state index is -0.933. The molecule has 0 heterocycles. The monoisotopic (exact) mass is 437 g/mol. The average Bonchev–Trinajstić information content (AvgIpc) is 2.80. The van der Waals surface area contributed by atoms with Crippen LogP contribution in [0.2, 0.25) is 0 Å². The van der Waals surface area contributed by atoms with Crippen LogP contribution in [0.1, 0.15) is 29.6 Å². The van der Waals surface area contributed by atoms with Gasteiger partial charge < -0.3 is 27.4 Å². The van der Waals surface area contributed by atoms with Crippen LogP contribution in [-0.4, -0.2) is 35.1 Å². The zero-order chi connectivity index (χ0) is 23.8. The molecular weight excluding hydrogens is 406 g/mol. The quantitative estimate of drug-likeness (QED) is 0.215. The topological polar surface area (TPSA) is 153 Å². The summed E-state index contributed by atoms with van der Waals surface area (Å²) in [5.74, 6) is -0.720. The molecule has 7 heteroatoms. The number of carbonyl (C=O) groups is 2. The van der Waals surface area contributed by atoms with Crippen molar-refractivity contribution in [1.82, 2.24) is 0 Å². The van der Waals surface area contributed by atoms with E-state index in [9.17, 15) is 9.59 Å². The van der Waals surface area contributed by atoms with Crippen molar-refractivity contribution in [2.24, 2.45) is 11.5 Å². The van der Waals surface area contributed by atoms with Crippen molar-refractivity contribution in [2.45, 2.75) is 25.3 Å². The van der Waals surface area contributed by atoms with E-state index in [0.29, 0.717) is 24.2 Å². The number of carboxylic acids is 1. The number of hydrogen-bond donors (Lipinski definition) is 5. The standard InChI is InChI=1S/C13H10O.C6H14N2O2.C6H7NO/c14-10-11-6-8-13(9-7-11)12-4-2-1-3-5-12;7-4-2-1-3-5(8)6(9)10;7-5-2-1-3-6(8)4-5/h1-10H;5H,1-4,7-8H2,(H,9,10);1-4,8H,7H2/t;5-;/m.0./s1. The highest BCUT2D eigenvalue weighted by atomic mass is 16.4. The van der Waals surface area contributed by atoms with Gasteiger partial charge in [-0.15, -0.1) is 0 Å². The van der Waals surface area contributed by atoms with Gasteiger partial charge in [0.05, 0.1) is 0 Å². The molecule has 0 saturated carbocycles. The summed E-state index contributed by atoms with van der Waals surface area (Å²) >= 11 is 0. The van der Waals surface area contributed by atoms with E-state index in [1.54, 1.807) is 18.2 Å². The summed E-state index contributed by atoms with van der Waals surface area (Å²) in [7, 11) is 0.